The van der Waals surface area contributed by atoms with E-state index in [1.165, 1.54) is 13.0 Å². The molecule has 2 rings (SSSR count). The molecule has 0 N–H and O–H groups in total. The lowest BCUT2D eigenvalue weighted by Crippen LogP contribution is -2.38. The lowest BCUT2D eigenvalue weighted by molar-refractivity contribution is -0.384. The van der Waals surface area contributed by atoms with Crippen LogP contribution < -0.4 is 4.90 Å². The molecule has 0 spiro atoms. The molecule has 1 aromatic rings. The monoisotopic (exact) mass is 344 g/mol. The average molecular weight is 345 g/mol. The maximum Gasteiger partial charge on any atom is 0.295 e. The van der Waals surface area contributed by atoms with E-state index in [9.17, 15) is 19.3 Å². The van der Waals surface area contributed by atoms with Crippen LogP contribution in [0.5, 0.6) is 0 Å². The van der Waals surface area contributed by atoms with E-state index >= 15 is 0 Å². The van der Waals surface area contributed by atoms with E-state index in [1.54, 1.807) is 4.90 Å². The van der Waals surface area contributed by atoms with Crippen molar-refractivity contribution in [1.29, 1.82) is 0 Å². The summed E-state index contributed by atoms with van der Waals surface area (Å²) in [6.45, 7) is 2.60. The molecule has 1 aliphatic heterocycles. The van der Waals surface area contributed by atoms with Crippen LogP contribution in [0.25, 0.3) is 0 Å². The molecule has 1 atom stereocenters. The Balaban J connectivity index is 2.38. The highest BCUT2D eigenvalue weighted by Crippen LogP contribution is 2.35. The number of hydrogen-bond donors (Lipinski definition) is 0. The molecule has 0 radical (unpaired) electrons. The summed E-state index contributed by atoms with van der Waals surface area (Å²) in [5.41, 5.74) is 0.0872. The van der Waals surface area contributed by atoms with Crippen molar-refractivity contribution in [3.05, 3.63) is 32.5 Å². The summed E-state index contributed by atoms with van der Waals surface area (Å²) in [7, 11) is 0. The van der Waals surface area contributed by atoms with E-state index in [4.69, 9.17) is 0 Å². The van der Waals surface area contributed by atoms with E-state index in [-0.39, 0.29) is 21.9 Å². The molecule has 0 aromatic heterocycles. The first kappa shape index (κ1) is 14.9. The fourth-order valence-corrected chi connectivity index (χ4v) is 2.78. The fourth-order valence-electron chi connectivity index (χ4n) is 2.45. The summed E-state index contributed by atoms with van der Waals surface area (Å²) >= 11 is 3.05. The van der Waals surface area contributed by atoms with Crippen LogP contribution >= 0.6 is 15.9 Å². The molecule has 1 aromatic carbocycles. The van der Waals surface area contributed by atoms with Crippen LogP contribution in [-0.4, -0.2) is 23.8 Å². The molecule has 1 aliphatic rings. The number of hydrogen-bond acceptors (Lipinski definition) is 4. The van der Waals surface area contributed by atoms with Gasteiger partial charge >= 0.3 is 0 Å². The highest BCUT2D eigenvalue weighted by atomic mass is 79.9. The topological polar surface area (TPSA) is 63.5 Å². The molecule has 108 valence electrons. The van der Waals surface area contributed by atoms with Gasteiger partial charge in [-0.2, -0.15) is 0 Å². The van der Waals surface area contributed by atoms with Crippen molar-refractivity contribution in [2.45, 2.75) is 19.8 Å². The summed E-state index contributed by atoms with van der Waals surface area (Å²) in [4.78, 5) is 23.8. The van der Waals surface area contributed by atoms with Gasteiger partial charge in [0.2, 0.25) is 0 Å². The Kier molecular flexibility index (Phi) is 4.37. The summed E-state index contributed by atoms with van der Waals surface area (Å²) < 4.78 is 13.7. The second-order valence-electron chi connectivity index (χ2n) is 4.91. The van der Waals surface area contributed by atoms with Crippen LogP contribution in [0.4, 0.5) is 15.8 Å². The third kappa shape index (κ3) is 2.98. The van der Waals surface area contributed by atoms with Crippen LogP contribution in [0.15, 0.2) is 16.6 Å². The number of nitro benzene ring substituents is 1. The Labute approximate surface area is 124 Å². The van der Waals surface area contributed by atoms with Crippen molar-refractivity contribution in [3.8, 4) is 0 Å². The van der Waals surface area contributed by atoms with Crippen molar-refractivity contribution in [3.63, 3.8) is 0 Å². The molecule has 20 heavy (non-hydrogen) atoms. The van der Waals surface area contributed by atoms with Gasteiger partial charge in [-0.15, -0.1) is 0 Å². The van der Waals surface area contributed by atoms with Crippen molar-refractivity contribution in [2.75, 3.05) is 18.0 Å². The summed E-state index contributed by atoms with van der Waals surface area (Å²) in [6.07, 6.45) is 1.58. The van der Waals surface area contributed by atoms with Crippen molar-refractivity contribution in [2.24, 2.45) is 5.92 Å². The highest BCUT2D eigenvalue weighted by Gasteiger charge is 2.28. The first-order valence-electron chi connectivity index (χ1n) is 6.29. The van der Waals surface area contributed by atoms with Gasteiger partial charge in [-0.3, -0.25) is 14.9 Å². The number of carbonyl (C=O) groups excluding carboxylic acids is 1. The normalized spacial score (nSPS) is 18.9. The Morgan fingerprint density at radius 1 is 1.55 bits per heavy atom. The zero-order chi connectivity index (χ0) is 14.9. The van der Waals surface area contributed by atoms with E-state index < -0.39 is 10.7 Å². The van der Waals surface area contributed by atoms with Gasteiger partial charge in [-0.25, -0.2) is 4.39 Å². The first-order valence-corrected chi connectivity index (χ1v) is 7.08. The van der Waals surface area contributed by atoms with Gasteiger partial charge in [0.05, 0.1) is 15.5 Å². The predicted octanol–water partition coefficient (Wildman–Crippen LogP) is 3.30. The Morgan fingerprint density at radius 2 is 2.25 bits per heavy atom. The minimum Gasteiger partial charge on any atom is -0.365 e. The third-order valence-electron chi connectivity index (χ3n) is 3.55. The maximum absolute atomic E-state index is 13.5. The van der Waals surface area contributed by atoms with Crippen LogP contribution in [0.2, 0.25) is 0 Å². The Morgan fingerprint density at radius 3 is 2.85 bits per heavy atom. The van der Waals surface area contributed by atoms with E-state index in [0.717, 1.165) is 18.9 Å². The van der Waals surface area contributed by atoms with Gasteiger partial charge in [0.25, 0.3) is 5.69 Å². The quantitative estimate of drug-likeness (QED) is 0.623. The largest absolute Gasteiger partial charge is 0.365 e. The second kappa shape index (κ2) is 5.87. The van der Waals surface area contributed by atoms with Gasteiger partial charge in [-0.1, -0.05) is 0 Å². The van der Waals surface area contributed by atoms with Crippen molar-refractivity contribution in [1.82, 2.24) is 0 Å². The molecule has 0 aliphatic carbocycles. The van der Waals surface area contributed by atoms with Gasteiger partial charge in [0.15, 0.2) is 0 Å². The number of carbonyl (C=O) groups is 1. The molecule has 1 saturated heterocycles. The highest BCUT2D eigenvalue weighted by molar-refractivity contribution is 9.10. The van der Waals surface area contributed by atoms with Gasteiger partial charge in [0.1, 0.15) is 17.3 Å². The number of ketones is 1. The van der Waals surface area contributed by atoms with E-state index in [0.29, 0.717) is 18.8 Å². The number of piperidine rings is 1. The maximum atomic E-state index is 13.5. The molecule has 0 saturated carbocycles. The smallest absolute Gasteiger partial charge is 0.295 e. The number of nitro groups is 1. The number of nitrogens with zero attached hydrogens (tertiary/aromatic N) is 2. The van der Waals surface area contributed by atoms with Crippen molar-refractivity contribution < 1.29 is 14.1 Å². The zero-order valence-electron chi connectivity index (χ0n) is 10.9. The molecule has 1 unspecified atom stereocenters. The SMILES string of the molecule is CC(=O)C1CCCN(c2cc(Br)c(F)cc2[N+](=O)[O-])C1. The zero-order valence-corrected chi connectivity index (χ0v) is 12.5. The Bertz CT molecular complexity index is 565. The van der Waals surface area contributed by atoms with Gasteiger partial charge < -0.3 is 4.90 Å². The lowest BCUT2D eigenvalue weighted by Gasteiger charge is -2.33. The molecule has 1 heterocycles. The Hall–Kier alpha value is -1.50. The minimum absolute atomic E-state index is 0.0820. The van der Waals surface area contributed by atoms with E-state index in [1.807, 2.05) is 0 Å². The number of anilines is 1. The van der Waals surface area contributed by atoms with Crippen molar-refractivity contribution >= 4 is 33.1 Å². The van der Waals surface area contributed by atoms with Crippen LogP contribution in [0, 0.1) is 21.8 Å². The molecule has 0 amide bonds. The predicted molar refractivity (Wildman–Crippen MR) is 76.4 cm³/mol. The molecular weight excluding hydrogens is 331 g/mol. The molecular formula is C13H14BrFN2O3. The van der Waals surface area contributed by atoms with Gasteiger partial charge in [-0.05, 0) is 41.8 Å². The van der Waals surface area contributed by atoms with Gasteiger partial charge in [0, 0.05) is 19.0 Å². The summed E-state index contributed by atoms with van der Waals surface area (Å²) in [6, 6.07) is 2.33. The van der Waals surface area contributed by atoms with Crippen LogP contribution in [0.3, 0.4) is 0 Å². The third-order valence-corrected chi connectivity index (χ3v) is 4.16. The molecule has 7 heteroatoms. The van der Waals surface area contributed by atoms with Crippen LogP contribution in [0.1, 0.15) is 19.8 Å². The number of Topliss-reactive ketones (excluding diaryl/α,β-unsaturated/α-hetero) is 1. The number of rotatable bonds is 3. The average Bonchev–Trinajstić information content (AvgIpc) is 2.41. The lowest BCUT2D eigenvalue weighted by atomic mass is 9.94. The first-order chi connectivity index (χ1) is 9.40. The molecule has 5 nitrogen and oxygen atoms in total. The van der Waals surface area contributed by atoms with Crippen LogP contribution in [-0.2, 0) is 4.79 Å². The summed E-state index contributed by atoms with van der Waals surface area (Å²) in [5, 5.41) is 11.1. The standard InChI is InChI=1S/C13H14BrFN2O3/c1-8(18)9-3-2-4-16(7-9)12-5-10(14)11(15)6-13(12)17(19)20/h5-6,9H,2-4,7H2,1H3. The number of halogens is 2. The van der Waals surface area contributed by atoms with E-state index in [2.05, 4.69) is 15.9 Å². The second-order valence-corrected chi connectivity index (χ2v) is 5.76. The molecule has 1 fully saturated rings. The number of benzene rings is 1. The fraction of sp³-hybridized carbons (Fsp3) is 0.462. The molecule has 0 bridgehead atoms. The summed E-state index contributed by atoms with van der Waals surface area (Å²) in [5.74, 6) is -0.703. The minimum atomic E-state index is -0.666.